The molecule has 3 aromatic rings. The minimum absolute atomic E-state index is 0.000318. The molecule has 0 aliphatic rings. The summed E-state index contributed by atoms with van der Waals surface area (Å²) in [5.41, 5.74) is -0.137. The Bertz CT molecular complexity index is 1080. The monoisotopic (exact) mass is 329 g/mol. The first kappa shape index (κ1) is 15.3. The molecule has 0 bridgehead atoms. The van der Waals surface area contributed by atoms with E-state index in [9.17, 15) is 19.2 Å². The number of carboxylic acids is 1. The normalized spacial score (nSPS) is 10.8. The molecule has 0 spiro atoms. The van der Waals surface area contributed by atoms with E-state index in [0.29, 0.717) is 16.7 Å². The second kappa shape index (κ2) is 5.91. The Morgan fingerprint density at radius 1 is 1.08 bits per heavy atom. The van der Waals surface area contributed by atoms with Crippen LogP contribution >= 0.6 is 0 Å². The van der Waals surface area contributed by atoms with Crippen molar-refractivity contribution in [1.82, 2.24) is 19.9 Å². The molecule has 2 heterocycles. The topological polar surface area (TPSA) is 158 Å². The van der Waals surface area contributed by atoms with Gasteiger partial charge in [0.1, 0.15) is 0 Å². The molecular weight excluding hydrogens is 318 g/mol. The lowest BCUT2D eigenvalue weighted by atomic mass is 10.2. The number of nitrogens with zero attached hydrogens (tertiary/aromatic N) is 2. The molecule has 122 valence electrons. The van der Waals surface area contributed by atoms with Gasteiger partial charge in [-0.15, -0.1) is 0 Å². The summed E-state index contributed by atoms with van der Waals surface area (Å²) < 4.78 is 0. The molecule has 1 amide bonds. The maximum atomic E-state index is 11.7. The van der Waals surface area contributed by atoms with Gasteiger partial charge in [0.2, 0.25) is 5.91 Å². The van der Waals surface area contributed by atoms with Crippen LogP contribution in [0.3, 0.4) is 0 Å². The Kier molecular flexibility index (Phi) is 3.78. The Morgan fingerprint density at radius 3 is 2.62 bits per heavy atom. The SMILES string of the molecule is O=C(O)CCC(=O)Nc1ccc2nc3c(=O)[nH]c(=O)[nH]c3nc2c1. The number of hydrogen-bond donors (Lipinski definition) is 4. The molecule has 2 aromatic heterocycles. The highest BCUT2D eigenvalue weighted by Crippen LogP contribution is 2.17. The van der Waals surface area contributed by atoms with Crippen LogP contribution in [0, 0.1) is 0 Å². The number of amides is 1. The van der Waals surface area contributed by atoms with Crippen molar-refractivity contribution >= 4 is 39.8 Å². The predicted octanol–water partition coefficient (Wildman–Crippen LogP) is -0.0371. The molecule has 3 rings (SSSR count). The Balaban J connectivity index is 1.97. The first-order valence-corrected chi connectivity index (χ1v) is 6.88. The first-order valence-electron chi connectivity index (χ1n) is 6.88. The van der Waals surface area contributed by atoms with Crippen LogP contribution in [-0.4, -0.2) is 36.9 Å². The molecule has 0 radical (unpaired) electrons. The zero-order valence-corrected chi connectivity index (χ0v) is 12.1. The second-order valence-corrected chi connectivity index (χ2v) is 4.97. The predicted molar refractivity (Wildman–Crippen MR) is 83.8 cm³/mol. The van der Waals surface area contributed by atoms with Crippen molar-refractivity contribution in [3.05, 3.63) is 39.0 Å². The summed E-state index contributed by atoms with van der Waals surface area (Å²) in [6, 6.07) is 4.63. The van der Waals surface area contributed by atoms with E-state index < -0.39 is 23.1 Å². The standard InChI is InChI=1S/C14H11N5O5/c20-9(3-4-10(21)22)15-6-1-2-7-8(5-6)17-12-11(16-7)13(23)19-14(24)18-12/h1-2,5H,3-4H2,(H,15,20)(H,21,22)(H2,17,18,19,23,24). The average molecular weight is 329 g/mol. The van der Waals surface area contributed by atoms with E-state index in [2.05, 4.69) is 25.3 Å². The van der Waals surface area contributed by atoms with Gasteiger partial charge in [-0.25, -0.2) is 14.8 Å². The minimum atomic E-state index is -1.06. The van der Waals surface area contributed by atoms with Gasteiger partial charge in [0.25, 0.3) is 5.56 Å². The van der Waals surface area contributed by atoms with Crippen LogP contribution in [0.2, 0.25) is 0 Å². The molecule has 0 atom stereocenters. The van der Waals surface area contributed by atoms with Gasteiger partial charge < -0.3 is 10.4 Å². The number of carbonyl (C=O) groups is 2. The summed E-state index contributed by atoms with van der Waals surface area (Å²) in [6.07, 6.45) is -0.423. The third-order valence-corrected chi connectivity index (χ3v) is 3.19. The highest BCUT2D eigenvalue weighted by atomic mass is 16.4. The van der Waals surface area contributed by atoms with Crippen molar-refractivity contribution in [3.63, 3.8) is 0 Å². The molecule has 4 N–H and O–H groups in total. The third-order valence-electron chi connectivity index (χ3n) is 3.19. The van der Waals surface area contributed by atoms with Crippen LogP contribution in [-0.2, 0) is 9.59 Å². The summed E-state index contributed by atoms with van der Waals surface area (Å²) >= 11 is 0. The lowest BCUT2D eigenvalue weighted by Gasteiger charge is -2.06. The maximum absolute atomic E-state index is 11.7. The average Bonchev–Trinajstić information content (AvgIpc) is 2.51. The maximum Gasteiger partial charge on any atom is 0.327 e. The van der Waals surface area contributed by atoms with E-state index in [1.54, 1.807) is 12.1 Å². The molecule has 10 nitrogen and oxygen atoms in total. The molecule has 0 saturated carbocycles. The zero-order valence-electron chi connectivity index (χ0n) is 12.1. The van der Waals surface area contributed by atoms with Gasteiger partial charge in [0, 0.05) is 12.1 Å². The number of aromatic nitrogens is 4. The Morgan fingerprint density at radius 2 is 1.88 bits per heavy atom. The number of nitrogens with one attached hydrogen (secondary N) is 3. The van der Waals surface area contributed by atoms with E-state index in [-0.39, 0.29) is 24.0 Å². The summed E-state index contributed by atoms with van der Waals surface area (Å²) in [5, 5.41) is 11.1. The molecule has 24 heavy (non-hydrogen) atoms. The van der Waals surface area contributed by atoms with Gasteiger partial charge in [-0.1, -0.05) is 0 Å². The summed E-state index contributed by atoms with van der Waals surface area (Å²) in [4.78, 5) is 57.8. The van der Waals surface area contributed by atoms with E-state index in [4.69, 9.17) is 5.11 Å². The number of benzene rings is 1. The number of fused-ring (bicyclic) bond motifs is 2. The second-order valence-electron chi connectivity index (χ2n) is 4.97. The molecule has 0 saturated heterocycles. The van der Waals surface area contributed by atoms with Crippen LogP contribution in [0.5, 0.6) is 0 Å². The van der Waals surface area contributed by atoms with Gasteiger partial charge in [-0.05, 0) is 18.2 Å². The Labute approximate surface area is 132 Å². The smallest absolute Gasteiger partial charge is 0.327 e. The fourth-order valence-corrected chi connectivity index (χ4v) is 2.12. The summed E-state index contributed by atoms with van der Waals surface area (Å²) in [6.45, 7) is 0. The fraction of sp³-hybridized carbons (Fsp3) is 0.143. The van der Waals surface area contributed by atoms with Crippen molar-refractivity contribution in [2.45, 2.75) is 12.8 Å². The number of carbonyl (C=O) groups excluding carboxylic acids is 1. The van der Waals surface area contributed by atoms with Crippen molar-refractivity contribution < 1.29 is 14.7 Å². The van der Waals surface area contributed by atoms with Crippen molar-refractivity contribution in [1.29, 1.82) is 0 Å². The van der Waals surface area contributed by atoms with Crippen LogP contribution in [0.1, 0.15) is 12.8 Å². The molecule has 0 fully saturated rings. The molecule has 0 unspecified atom stereocenters. The fourth-order valence-electron chi connectivity index (χ4n) is 2.12. The number of carboxylic acid groups (broad SMARTS) is 1. The van der Waals surface area contributed by atoms with E-state index >= 15 is 0 Å². The van der Waals surface area contributed by atoms with Crippen LogP contribution in [0.25, 0.3) is 22.2 Å². The van der Waals surface area contributed by atoms with E-state index in [1.165, 1.54) is 6.07 Å². The Hall–Kier alpha value is -3.56. The molecule has 0 aliphatic heterocycles. The highest BCUT2D eigenvalue weighted by Gasteiger charge is 2.09. The number of aliphatic carboxylic acids is 1. The van der Waals surface area contributed by atoms with Crippen LogP contribution < -0.4 is 16.6 Å². The van der Waals surface area contributed by atoms with E-state index in [1.807, 2.05) is 0 Å². The number of anilines is 1. The largest absolute Gasteiger partial charge is 0.481 e. The summed E-state index contributed by atoms with van der Waals surface area (Å²) in [7, 11) is 0. The molecular formula is C14H11N5O5. The number of H-pyrrole nitrogens is 2. The van der Waals surface area contributed by atoms with Gasteiger partial charge >= 0.3 is 11.7 Å². The number of aromatic amines is 2. The first-order chi connectivity index (χ1) is 11.4. The van der Waals surface area contributed by atoms with Crippen molar-refractivity contribution in [2.24, 2.45) is 0 Å². The molecule has 1 aromatic carbocycles. The van der Waals surface area contributed by atoms with Gasteiger partial charge in [-0.2, -0.15) is 0 Å². The summed E-state index contributed by atoms with van der Waals surface area (Å²) in [5.74, 6) is -1.51. The lowest BCUT2D eigenvalue weighted by molar-refractivity contribution is -0.138. The van der Waals surface area contributed by atoms with Crippen molar-refractivity contribution in [3.8, 4) is 0 Å². The molecule has 10 heteroatoms. The lowest BCUT2D eigenvalue weighted by Crippen LogP contribution is -2.23. The van der Waals surface area contributed by atoms with Crippen LogP contribution in [0.4, 0.5) is 5.69 Å². The third kappa shape index (κ3) is 3.11. The van der Waals surface area contributed by atoms with Gasteiger partial charge in [-0.3, -0.25) is 24.4 Å². The van der Waals surface area contributed by atoms with Gasteiger partial charge in [0.05, 0.1) is 17.5 Å². The van der Waals surface area contributed by atoms with Crippen molar-refractivity contribution in [2.75, 3.05) is 5.32 Å². The number of hydrogen-bond acceptors (Lipinski definition) is 6. The highest BCUT2D eigenvalue weighted by molar-refractivity contribution is 5.95. The molecule has 0 aliphatic carbocycles. The zero-order chi connectivity index (χ0) is 17.3. The van der Waals surface area contributed by atoms with Gasteiger partial charge in [0.15, 0.2) is 11.2 Å². The minimum Gasteiger partial charge on any atom is -0.481 e. The number of rotatable bonds is 4. The quantitative estimate of drug-likeness (QED) is 0.489. The van der Waals surface area contributed by atoms with E-state index in [0.717, 1.165) is 0 Å². The van der Waals surface area contributed by atoms with Crippen LogP contribution in [0.15, 0.2) is 27.8 Å².